The van der Waals surface area contributed by atoms with Crippen molar-refractivity contribution in [1.29, 1.82) is 0 Å². The van der Waals surface area contributed by atoms with Crippen LogP contribution in [0.3, 0.4) is 0 Å². The Morgan fingerprint density at radius 3 is 2.64 bits per heavy atom. The van der Waals surface area contributed by atoms with Crippen molar-refractivity contribution in [3.8, 4) is 11.5 Å². The van der Waals surface area contributed by atoms with Crippen LogP contribution in [0.25, 0.3) is 11.5 Å². The van der Waals surface area contributed by atoms with Gasteiger partial charge in [0, 0.05) is 11.3 Å². The Balaban J connectivity index is 1.66. The fraction of sp³-hybridized carbons (Fsp3) is 0.200. The maximum Gasteiger partial charge on any atom is 0.411 e. The number of ether oxygens (including phenoxy) is 2. The highest BCUT2D eigenvalue weighted by Gasteiger charge is 2.20. The fourth-order valence-corrected chi connectivity index (χ4v) is 2.38. The van der Waals surface area contributed by atoms with Crippen molar-refractivity contribution in [3.05, 3.63) is 66.1 Å². The van der Waals surface area contributed by atoms with Crippen molar-refractivity contribution in [3.63, 3.8) is 0 Å². The van der Waals surface area contributed by atoms with Gasteiger partial charge in [0.1, 0.15) is 0 Å². The highest BCUT2D eigenvalue weighted by atomic mass is 16.6. The number of rotatable bonds is 6. The minimum atomic E-state index is -0.737. The van der Waals surface area contributed by atoms with Gasteiger partial charge >= 0.3 is 12.1 Å². The van der Waals surface area contributed by atoms with E-state index in [1.165, 1.54) is 6.07 Å². The first-order valence-electron chi connectivity index (χ1n) is 8.70. The maximum atomic E-state index is 12.4. The van der Waals surface area contributed by atoms with Crippen LogP contribution in [-0.2, 0) is 9.47 Å². The molecule has 0 aliphatic carbocycles. The van der Waals surface area contributed by atoms with Crippen molar-refractivity contribution in [1.82, 2.24) is 10.2 Å². The van der Waals surface area contributed by atoms with Crippen molar-refractivity contribution in [2.45, 2.75) is 20.0 Å². The zero-order chi connectivity index (χ0) is 19.9. The molecular formula is C20H19N3O5. The number of hydrogen-bond acceptors (Lipinski definition) is 7. The van der Waals surface area contributed by atoms with Gasteiger partial charge in [0.2, 0.25) is 5.89 Å². The summed E-state index contributed by atoms with van der Waals surface area (Å²) in [5, 5.41) is 10.5. The summed E-state index contributed by atoms with van der Waals surface area (Å²) in [4.78, 5) is 23.9. The van der Waals surface area contributed by atoms with Crippen LogP contribution in [0, 0.1) is 0 Å². The van der Waals surface area contributed by atoms with Crippen LogP contribution in [0.1, 0.15) is 36.2 Å². The summed E-state index contributed by atoms with van der Waals surface area (Å²) in [5.41, 5.74) is 1.46. The molecule has 0 unspecified atom stereocenters. The second-order valence-corrected chi connectivity index (χ2v) is 5.79. The molecule has 0 saturated heterocycles. The lowest BCUT2D eigenvalue weighted by molar-refractivity contribution is 0.0280. The van der Waals surface area contributed by atoms with E-state index < -0.39 is 18.2 Å². The number of carbonyl (C=O) groups is 2. The number of esters is 1. The smallest absolute Gasteiger partial charge is 0.411 e. The van der Waals surface area contributed by atoms with Gasteiger partial charge in [-0.2, -0.15) is 0 Å². The van der Waals surface area contributed by atoms with E-state index in [1.807, 2.05) is 30.3 Å². The Morgan fingerprint density at radius 1 is 1.11 bits per heavy atom. The van der Waals surface area contributed by atoms with Crippen LogP contribution < -0.4 is 5.32 Å². The number of nitrogens with zero attached hydrogens (tertiary/aromatic N) is 2. The summed E-state index contributed by atoms with van der Waals surface area (Å²) in [6, 6.07) is 15.6. The molecule has 0 aliphatic heterocycles. The third-order valence-electron chi connectivity index (χ3n) is 3.71. The second-order valence-electron chi connectivity index (χ2n) is 5.79. The van der Waals surface area contributed by atoms with Crippen LogP contribution in [0.4, 0.5) is 10.5 Å². The number of benzene rings is 2. The van der Waals surface area contributed by atoms with E-state index >= 15 is 0 Å². The van der Waals surface area contributed by atoms with Crippen LogP contribution in [0.2, 0.25) is 0 Å². The first kappa shape index (κ1) is 19.1. The molecule has 8 nitrogen and oxygen atoms in total. The number of amides is 1. The molecule has 1 aromatic heterocycles. The molecule has 0 bridgehead atoms. The van der Waals surface area contributed by atoms with E-state index in [1.54, 1.807) is 32.0 Å². The summed E-state index contributed by atoms with van der Waals surface area (Å²) < 4.78 is 15.8. The molecule has 144 valence electrons. The third-order valence-corrected chi connectivity index (χ3v) is 3.71. The zero-order valence-corrected chi connectivity index (χ0v) is 15.4. The van der Waals surface area contributed by atoms with Gasteiger partial charge in [-0.1, -0.05) is 24.3 Å². The molecule has 0 fully saturated rings. The quantitative estimate of drug-likeness (QED) is 0.637. The molecule has 0 saturated carbocycles. The maximum absolute atomic E-state index is 12.4. The van der Waals surface area contributed by atoms with E-state index in [9.17, 15) is 9.59 Å². The van der Waals surface area contributed by atoms with Crippen LogP contribution in [0.15, 0.2) is 59.0 Å². The van der Waals surface area contributed by atoms with Crippen molar-refractivity contribution in [2.24, 2.45) is 0 Å². The molecule has 1 amide bonds. The minimum absolute atomic E-state index is 0.188. The molecule has 1 N–H and O–H groups in total. The van der Waals surface area contributed by atoms with Crippen LogP contribution >= 0.6 is 0 Å². The van der Waals surface area contributed by atoms with Crippen molar-refractivity contribution >= 4 is 17.7 Å². The first-order valence-corrected chi connectivity index (χ1v) is 8.70. The molecule has 0 aliphatic rings. The SMILES string of the molecule is CCOC(=O)Nc1cccc(C(=O)O[C@H](C)c2nnc(-c3ccccc3)o2)c1. The molecule has 28 heavy (non-hydrogen) atoms. The van der Waals surface area contributed by atoms with E-state index in [0.29, 0.717) is 11.6 Å². The zero-order valence-electron chi connectivity index (χ0n) is 15.4. The lowest BCUT2D eigenvalue weighted by Gasteiger charge is -2.10. The van der Waals surface area contributed by atoms with E-state index in [0.717, 1.165) is 5.56 Å². The molecule has 0 spiro atoms. The molecule has 3 aromatic rings. The monoisotopic (exact) mass is 381 g/mol. The summed E-state index contributed by atoms with van der Waals surface area (Å²) >= 11 is 0. The molecule has 1 atom stereocenters. The predicted octanol–water partition coefficient (Wildman–Crippen LogP) is 4.22. The summed E-state index contributed by atoms with van der Waals surface area (Å²) in [6.45, 7) is 3.59. The number of anilines is 1. The topological polar surface area (TPSA) is 104 Å². The van der Waals surface area contributed by atoms with Gasteiger partial charge in [0.25, 0.3) is 5.89 Å². The van der Waals surface area contributed by atoms with Gasteiger partial charge < -0.3 is 13.9 Å². The van der Waals surface area contributed by atoms with Crippen LogP contribution in [-0.4, -0.2) is 28.9 Å². The van der Waals surface area contributed by atoms with Crippen molar-refractivity contribution < 1.29 is 23.5 Å². The predicted molar refractivity (Wildman–Crippen MR) is 101 cm³/mol. The Labute approximate surface area is 161 Å². The van der Waals surface area contributed by atoms with Gasteiger partial charge in [0.05, 0.1) is 12.2 Å². The summed E-state index contributed by atoms with van der Waals surface area (Å²) in [5.74, 6) is -0.0494. The molecular weight excluding hydrogens is 362 g/mol. The molecule has 2 aromatic carbocycles. The molecule has 8 heteroatoms. The van der Waals surface area contributed by atoms with Gasteiger partial charge in [-0.25, -0.2) is 9.59 Å². The number of carbonyl (C=O) groups excluding carboxylic acids is 2. The van der Waals surface area contributed by atoms with E-state index in [-0.39, 0.29) is 18.1 Å². The van der Waals surface area contributed by atoms with Gasteiger partial charge in [0.15, 0.2) is 6.10 Å². The van der Waals surface area contributed by atoms with E-state index in [4.69, 9.17) is 13.9 Å². The minimum Gasteiger partial charge on any atom is -0.450 e. The molecule has 0 radical (unpaired) electrons. The second kappa shape index (κ2) is 8.81. The number of hydrogen-bond donors (Lipinski definition) is 1. The summed E-state index contributed by atoms with van der Waals surface area (Å²) in [7, 11) is 0. The van der Waals surface area contributed by atoms with Gasteiger partial charge in [-0.3, -0.25) is 5.32 Å². The molecule has 1 heterocycles. The highest BCUT2D eigenvalue weighted by Crippen LogP contribution is 2.23. The Morgan fingerprint density at radius 2 is 1.89 bits per heavy atom. The number of nitrogens with one attached hydrogen (secondary N) is 1. The highest BCUT2D eigenvalue weighted by molar-refractivity contribution is 5.92. The standard InChI is InChI=1S/C20H19N3O5/c1-3-26-20(25)21-16-11-7-10-15(12-16)19(24)27-13(2)17-22-23-18(28-17)14-8-5-4-6-9-14/h4-13H,3H2,1-2H3,(H,21,25)/t13-/m1/s1. The lowest BCUT2D eigenvalue weighted by Crippen LogP contribution is -2.14. The normalized spacial score (nSPS) is 11.5. The average Bonchev–Trinajstić information content (AvgIpc) is 3.19. The Bertz CT molecular complexity index is 955. The van der Waals surface area contributed by atoms with Gasteiger partial charge in [-0.15, -0.1) is 10.2 Å². The van der Waals surface area contributed by atoms with Crippen molar-refractivity contribution in [2.75, 3.05) is 11.9 Å². The Kier molecular flexibility index (Phi) is 6.01. The van der Waals surface area contributed by atoms with E-state index in [2.05, 4.69) is 15.5 Å². The van der Waals surface area contributed by atoms with Crippen LogP contribution in [0.5, 0.6) is 0 Å². The van der Waals surface area contributed by atoms with Gasteiger partial charge in [-0.05, 0) is 44.2 Å². The Hall–Kier alpha value is -3.68. The third kappa shape index (κ3) is 4.73. The number of aromatic nitrogens is 2. The first-order chi connectivity index (χ1) is 13.6. The average molecular weight is 381 g/mol. The fourth-order valence-electron chi connectivity index (χ4n) is 2.38. The lowest BCUT2D eigenvalue weighted by atomic mass is 10.2. The molecule has 3 rings (SSSR count). The summed E-state index contributed by atoms with van der Waals surface area (Å²) in [6.07, 6.45) is -1.33. The largest absolute Gasteiger partial charge is 0.450 e.